The zero-order chi connectivity index (χ0) is 10.8. The Morgan fingerprint density at radius 2 is 2.13 bits per heavy atom. The highest BCUT2D eigenvalue weighted by atomic mass is 16.3. The number of hydrogen-bond acceptors (Lipinski definition) is 5. The van der Waals surface area contributed by atoms with Gasteiger partial charge in [-0.1, -0.05) is 6.07 Å². The lowest BCUT2D eigenvalue weighted by atomic mass is 10.0. The predicted molar refractivity (Wildman–Crippen MR) is 53.0 cm³/mol. The van der Waals surface area contributed by atoms with E-state index in [1.165, 1.54) is 0 Å². The second-order valence-electron chi connectivity index (χ2n) is 3.70. The highest BCUT2D eigenvalue weighted by Crippen LogP contribution is 2.26. The summed E-state index contributed by atoms with van der Waals surface area (Å²) in [5.41, 5.74) is 0.806. The Morgan fingerprint density at radius 1 is 1.33 bits per heavy atom. The molecule has 5 heteroatoms. The molecule has 1 saturated heterocycles. The molecule has 4 N–H and O–H groups in total. The molecule has 82 valence electrons. The minimum Gasteiger partial charge on any atom is -0.395 e. The van der Waals surface area contributed by atoms with Crippen LogP contribution < -0.4 is 5.32 Å². The van der Waals surface area contributed by atoms with Gasteiger partial charge in [-0.15, -0.1) is 0 Å². The van der Waals surface area contributed by atoms with Gasteiger partial charge in [0.05, 0.1) is 24.8 Å². The largest absolute Gasteiger partial charge is 0.395 e. The maximum absolute atomic E-state index is 9.76. The van der Waals surface area contributed by atoms with E-state index in [9.17, 15) is 10.2 Å². The van der Waals surface area contributed by atoms with Crippen molar-refractivity contribution in [3.8, 4) is 0 Å². The lowest BCUT2D eigenvalue weighted by molar-refractivity contribution is 0.0194. The Balaban J connectivity index is 2.19. The first-order valence-corrected chi connectivity index (χ1v) is 4.87. The molecule has 0 aliphatic carbocycles. The van der Waals surface area contributed by atoms with Crippen LogP contribution in [0.3, 0.4) is 0 Å². The summed E-state index contributed by atoms with van der Waals surface area (Å²) in [5, 5.41) is 31.3. The molecule has 1 aliphatic rings. The first-order valence-electron chi connectivity index (χ1n) is 4.87. The number of aliphatic hydroxyl groups excluding tert-OH is 3. The van der Waals surface area contributed by atoms with Crippen molar-refractivity contribution < 1.29 is 15.3 Å². The van der Waals surface area contributed by atoms with E-state index in [1.54, 1.807) is 18.5 Å². The fraction of sp³-hybridized carbons (Fsp3) is 0.500. The normalized spacial score (nSPS) is 35.7. The molecule has 0 unspecified atom stereocenters. The molecule has 0 bridgehead atoms. The SMILES string of the molecule is OC[C@H]1N[C@@H](c2cccnc2)[C@H](O)[C@@H]1O. The fourth-order valence-corrected chi connectivity index (χ4v) is 1.88. The van der Waals surface area contributed by atoms with Gasteiger partial charge in [-0.25, -0.2) is 0 Å². The van der Waals surface area contributed by atoms with E-state index in [1.807, 2.05) is 6.07 Å². The molecule has 5 nitrogen and oxygen atoms in total. The fourth-order valence-electron chi connectivity index (χ4n) is 1.88. The summed E-state index contributed by atoms with van der Waals surface area (Å²) in [6.45, 7) is -0.199. The quantitative estimate of drug-likeness (QED) is 0.493. The third kappa shape index (κ3) is 1.87. The first-order chi connectivity index (χ1) is 7.24. The van der Waals surface area contributed by atoms with Gasteiger partial charge in [0.2, 0.25) is 0 Å². The summed E-state index contributed by atoms with van der Waals surface area (Å²) in [7, 11) is 0. The van der Waals surface area contributed by atoms with E-state index in [0.29, 0.717) is 0 Å². The number of aromatic nitrogens is 1. The summed E-state index contributed by atoms with van der Waals surface area (Å²) >= 11 is 0. The molecule has 15 heavy (non-hydrogen) atoms. The monoisotopic (exact) mass is 210 g/mol. The number of nitrogens with zero attached hydrogens (tertiary/aromatic N) is 1. The Hall–Kier alpha value is -1.01. The molecule has 2 heterocycles. The van der Waals surface area contributed by atoms with Gasteiger partial charge in [0, 0.05) is 12.4 Å². The van der Waals surface area contributed by atoms with Gasteiger partial charge in [0.15, 0.2) is 0 Å². The highest BCUT2D eigenvalue weighted by molar-refractivity contribution is 5.19. The summed E-state index contributed by atoms with van der Waals surface area (Å²) in [4.78, 5) is 3.94. The molecule has 0 radical (unpaired) electrons. The maximum atomic E-state index is 9.76. The van der Waals surface area contributed by atoms with Crippen LogP contribution >= 0.6 is 0 Å². The molecule has 1 aromatic rings. The van der Waals surface area contributed by atoms with E-state index >= 15 is 0 Å². The molecule has 1 aliphatic heterocycles. The molecule has 4 atom stereocenters. The smallest absolute Gasteiger partial charge is 0.101 e. The number of pyridine rings is 1. The molecular weight excluding hydrogens is 196 g/mol. The van der Waals surface area contributed by atoms with E-state index in [-0.39, 0.29) is 12.6 Å². The van der Waals surface area contributed by atoms with Gasteiger partial charge in [-0.05, 0) is 11.6 Å². The standard InChI is InChI=1S/C10H14N2O3/c13-5-7-9(14)10(15)8(12-7)6-2-1-3-11-4-6/h1-4,7-10,12-15H,5H2/t7-,8+,9-,10+/m1/s1. The zero-order valence-corrected chi connectivity index (χ0v) is 8.11. The minimum absolute atomic E-state index is 0.199. The minimum atomic E-state index is -0.944. The van der Waals surface area contributed by atoms with Gasteiger partial charge in [0.1, 0.15) is 6.10 Å². The molecule has 0 aromatic carbocycles. The lowest BCUT2D eigenvalue weighted by Crippen LogP contribution is -2.35. The van der Waals surface area contributed by atoms with Crippen molar-refractivity contribution in [2.24, 2.45) is 0 Å². The van der Waals surface area contributed by atoms with E-state index in [4.69, 9.17) is 5.11 Å². The summed E-state index contributed by atoms with van der Waals surface area (Å²) in [5.74, 6) is 0. The van der Waals surface area contributed by atoms with Gasteiger partial charge < -0.3 is 20.6 Å². The van der Waals surface area contributed by atoms with Crippen LogP contribution in [-0.4, -0.2) is 45.2 Å². The average molecular weight is 210 g/mol. The molecule has 0 amide bonds. The number of rotatable bonds is 2. The van der Waals surface area contributed by atoms with Crippen LogP contribution in [0.25, 0.3) is 0 Å². The van der Waals surface area contributed by atoms with Crippen molar-refractivity contribution in [3.63, 3.8) is 0 Å². The Labute approximate surface area is 87.4 Å². The van der Waals surface area contributed by atoms with Crippen molar-refractivity contribution >= 4 is 0 Å². The molecule has 1 aromatic heterocycles. The van der Waals surface area contributed by atoms with Crippen LogP contribution in [0.15, 0.2) is 24.5 Å². The third-order valence-corrected chi connectivity index (χ3v) is 2.74. The summed E-state index contributed by atoms with van der Waals surface area (Å²) < 4.78 is 0. The van der Waals surface area contributed by atoms with Crippen molar-refractivity contribution in [2.45, 2.75) is 24.3 Å². The second kappa shape index (κ2) is 4.24. The molecule has 1 fully saturated rings. The number of aliphatic hydroxyl groups is 3. The van der Waals surface area contributed by atoms with Crippen LogP contribution in [0.5, 0.6) is 0 Å². The van der Waals surface area contributed by atoms with Crippen LogP contribution in [0.1, 0.15) is 11.6 Å². The Kier molecular flexibility index (Phi) is 2.97. The Bertz CT molecular complexity index is 320. The van der Waals surface area contributed by atoms with Crippen molar-refractivity contribution in [1.82, 2.24) is 10.3 Å². The Morgan fingerprint density at radius 3 is 2.67 bits per heavy atom. The molecule has 2 rings (SSSR count). The topological polar surface area (TPSA) is 85.6 Å². The van der Waals surface area contributed by atoms with Gasteiger partial charge in [-0.2, -0.15) is 0 Å². The van der Waals surface area contributed by atoms with Gasteiger partial charge in [-0.3, -0.25) is 4.98 Å². The third-order valence-electron chi connectivity index (χ3n) is 2.74. The van der Waals surface area contributed by atoms with Crippen LogP contribution in [0.4, 0.5) is 0 Å². The van der Waals surface area contributed by atoms with Crippen molar-refractivity contribution in [3.05, 3.63) is 30.1 Å². The second-order valence-corrected chi connectivity index (χ2v) is 3.70. The molecule has 0 saturated carbocycles. The highest BCUT2D eigenvalue weighted by Gasteiger charge is 2.41. The van der Waals surface area contributed by atoms with E-state index in [2.05, 4.69) is 10.3 Å². The lowest BCUT2D eigenvalue weighted by Gasteiger charge is -2.15. The number of hydrogen-bond donors (Lipinski definition) is 4. The average Bonchev–Trinajstić information content (AvgIpc) is 2.57. The van der Waals surface area contributed by atoms with E-state index < -0.39 is 18.2 Å². The van der Waals surface area contributed by atoms with Crippen LogP contribution in [-0.2, 0) is 0 Å². The summed E-state index contributed by atoms with van der Waals surface area (Å²) in [6, 6.07) is 2.74. The maximum Gasteiger partial charge on any atom is 0.101 e. The van der Waals surface area contributed by atoms with Crippen molar-refractivity contribution in [2.75, 3.05) is 6.61 Å². The van der Waals surface area contributed by atoms with Crippen LogP contribution in [0.2, 0.25) is 0 Å². The predicted octanol–water partition coefficient (Wildman–Crippen LogP) is -1.19. The van der Waals surface area contributed by atoms with Gasteiger partial charge >= 0.3 is 0 Å². The van der Waals surface area contributed by atoms with Gasteiger partial charge in [0.25, 0.3) is 0 Å². The van der Waals surface area contributed by atoms with E-state index in [0.717, 1.165) is 5.56 Å². The van der Waals surface area contributed by atoms with Crippen molar-refractivity contribution in [1.29, 1.82) is 0 Å². The first kappa shape index (κ1) is 10.5. The molecule has 0 spiro atoms. The van der Waals surface area contributed by atoms with Crippen LogP contribution in [0, 0.1) is 0 Å². The number of nitrogens with one attached hydrogen (secondary N) is 1. The summed E-state index contributed by atoms with van der Waals surface area (Å²) in [6.07, 6.45) is 1.42. The zero-order valence-electron chi connectivity index (χ0n) is 8.11. The molecular formula is C10H14N2O3.